The highest BCUT2D eigenvalue weighted by Crippen LogP contribution is 1.85. The standard InChI is InChI=1S/Cl2O3.H3P/c1-3-5-4-2;/h;1H3. The molecule has 0 spiro atoms. The Balaban J connectivity index is 0. The summed E-state index contributed by atoms with van der Waals surface area (Å²) in [5.41, 5.74) is 0. The fourth-order valence-corrected chi connectivity index (χ4v) is 0.0875. The van der Waals surface area contributed by atoms with E-state index in [1.54, 1.807) is 0 Å². The fraction of sp³-hybridized carbons (Fsp3) is 0. The maximum atomic E-state index is 4.37. The minimum Gasteiger partial charge on any atom is -0.153 e. The second kappa shape index (κ2) is 9.31. The van der Waals surface area contributed by atoms with Gasteiger partial charge in [0.15, 0.2) is 0 Å². The van der Waals surface area contributed by atoms with Gasteiger partial charge in [-0.3, -0.25) is 0 Å². The lowest BCUT2D eigenvalue weighted by atomic mass is 14.6. The molecule has 0 saturated carbocycles. The van der Waals surface area contributed by atoms with Crippen molar-refractivity contribution in [1.29, 1.82) is 0 Å². The van der Waals surface area contributed by atoms with Crippen LogP contribution in [-0.2, 0) is 13.9 Å². The number of halogens is 2. The van der Waals surface area contributed by atoms with Crippen molar-refractivity contribution in [3.8, 4) is 0 Å². The van der Waals surface area contributed by atoms with E-state index in [4.69, 9.17) is 0 Å². The normalized spacial score (nSPS) is 7.00. The van der Waals surface area contributed by atoms with Crippen LogP contribution in [0.15, 0.2) is 0 Å². The molecule has 1 atom stereocenters. The van der Waals surface area contributed by atoms with Crippen LogP contribution in [0.4, 0.5) is 0 Å². The molecule has 3 nitrogen and oxygen atoms in total. The van der Waals surface area contributed by atoms with E-state index in [-0.39, 0.29) is 9.90 Å². The van der Waals surface area contributed by atoms with E-state index in [1.807, 2.05) is 0 Å². The number of rotatable bonds is 2. The Labute approximate surface area is 48.3 Å². The maximum absolute atomic E-state index is 4.37. The first kappa shape index (κ1) is 10.00. The number of hydrogen-bond donors (Lipinski definition) is 0. The molecule has 0 amide bonds. The van der Waals surface area contributed by atoms with Crippen LogP contribution in [0.5, 0.6) is 0 Å². The smallest absolute Gasteiger partial charge is 0.103 e. The van der Waals surface area contributed by atoms with Crippen molar-refractivity contribution in [2.75, 3.05) is 0 Å². The van der Waals surface area contributed by atoms with Crippen molar-refractivity contribution in [3.63, 3.8) is 0 Å². The lowest BCUT2D eigenvalue weighted by Gasteiger charge is -1.77. The van der Waals surface area contributed by atoms with Crippen molar-refractivity contribution >= 4 is 33.6 Å². The summed E-state index contributed by atoms with van der Waals surface area (Å²) in [7, 11) is 0. The van der Waals surface area contributed by atoms with Crippen molar-refractivity contribution in [2.45, 2.75) is 0 Å². The summed E-state index contributed by atoms with van der Waals surface area (Å²) in [5, 5.41) is 3.36. The zero-order valence-corrected chi connectivity index (χ0v) is 5.61. The average molecular weight is 153 g/mol. The van der Waals surface area contributed by atoms with Gasteiger partial charge in [0.2, 0.25) is 0 Å². The SMILES string of the molecule is ClOOOCl.P. The van der Waals surface area contributed by atoms with Gasteiger partial charge >= 0.3 is 0 Å². The van der Waals surface area contributed by atoms with Gasteiger partial charge in [-0.15, -0.1) is 0 Å². The van der Waals surface area contributed by atoms with Crippen LogP contribution in [0.2, 0.25) is 0 Å². The van der Waals surface area contributed by atoms with Gasteiger partial charge in [0, 0.05) is 0 Å². The van der Waals surface area contributed by atoms with Crippen LogP contribution in [0.1, 0.15) is 0 Å². The van der Waals surface area contributed by atoms with Crippen LogP contribution in [-0.4, -0.2) is 0 Å². The quantitative estimate of drug-likeness (QED) is 0.339. The van der Waals surface area contributed by atoms with Crippen molar-refractivity contribution in [2.24, 2.45) is 0 Å². The zero-order valence-electron chi connectivity index (χ0n) is 2.69. The molecule has 0 radical (unpaired) electrons. The molecular weight excluding hydrogens is 150 g/mol. The van der Waals surface area contributed by atoms with Crippen molar-refractivity contribution in [3.05, 3.63) is 0 Å². The summed E-state index contributed by atoms with van der Waals surface area (Å²) in [6.07, 6.45) is 0. The molecule has 0 aromatic heterocycles. The summed E-state index contributed by atoms with van der Waals surface area (Å²) in [6, 6.07) is 0. The van der Waals surface area contributed by atoms with E-state index < -0.39 is 0 Å². The molecule has 0 aliphatic carbocycles. The van der Waals surface area contributed by atoms with E-state index in [2.05, 4.69) is 37.7 Å². The Morgan fingerprint density at radius 1 is 1.00 bits per heavy atom. The molecule has 0 saturated heterocycles. The van der Waals surface area contributed by atoms with Gasteiger partial charge in [-0.25, -0.2) is 0 Å². The molecule has 0 bridgehead atoms. The Hall–Kier alpha value is 0.890. The van der Waals surface area contributed by atoms with Gasteiger partial charge in [-0.1, -0.05) is 8.88 Å². The second-order valence-corrected chi connectivity index (χ2v) is 0.446. The summed E-state index contributed by atoms with van der Waals surface area (Å²) in [6.45, 7) is 0. The van der Waals surface area contributed by atoms with Gasteiger partial charge in [-0.2, -0.15) is 9.90 Å². The summed E-state index contributed by atoms with van der Waals surface area (Å²) < 4.78 is 6.62. The zero-order chi connectivity index (χ0) is 4.12. The Kier molecular flexibility index (Phi) is 15.5. The lowest BCUT2D eigenvalue weighted by molar-refractivity contribution is -0.411. The van der Waals surface area contributed by atoms with Gasteiger partial charge in [-0.05, 0) is 5.04 Å². The minimum absolute atomic E-state index is 0. The molecule has 1 unspecified atom stereocenters. The van der Waals surface area contributed by atoms with E-state index >= 15 is 0 Å². The van der Waals surface area contributed by atoms with Gasteiger partial charge in [0.25, 0.3) is 0 Å². The minimum atomic E-state index is 0. The second-order valence-electron chi connectivity index (χ2n) is 0.194. The molecular formula is H3Cl2O3P. The third-order valence-electron chi connectivity index (χ3n) is 0.0514. The highest BCUT2D eigenvalue weighted by atomic mass is 35.5. The van der Waals surface area contributed by atoms with Crippen LogP contribution < -0.4 is 0 Å². The highest BCUT2D eigenvalue weighted by molar-refractivity contribution is 6.92. The Morgan fingerprint density at radius 2 is 1.33 bits per heavy atom. The van der Waals surface area contributed by atoms with Crippen LogP contribution in [0, 0.1) is 0 Å². The monoisotopic (exact) mass is 152 g/mol. The number of hydrogen-bond acceptors (Lipinski definition) is 3. The Bertz CT molecular complexity index is 16.3. The molecule has 40 valence electrons. The molecule has 0 fully saturated rings. The van der Waals surface area contributed by atoms with E-state index in [0.717, 1.165) is 0 Å². The molecule has 6 heteroatoms. The predicted molar refractivity (Wildman–Crippen MR) is 26.1 cm³/mol. The topological polar surface area (TPSA) is 27.7 Å². The molecule has 0 rings (SSSR count). The lowest BCUT2D eigenvalue weighted by Crippen LogP contribution is -1.71. The van der Waals surface area contributed by atoms with E-state index in [9.17, 15) is 0 Å². The Morgan fingerprint density at radius 3 is 1.33 bits per heavy atom. The highest BCUT2D eigenvalue weighted by Gasteiger charge is 1.70. The molecule has 0 aromatic rings. The first-order valence-corrected chi connectivity index (χ1v) is 1.26. The third kappa shape index (κ3) is 8.86. The maximum Gasteiger partial charge on any atom is 0.103 e. The van der Waals surface area contributed by atoms with Crippen LogP contribution in [0.25, 0.3) is 0 Å². The summed E-state index contributed by atoms with van der Waals surface area (Å²) in [4.78, 5) is 0. The largest absolute Gasteiger partial charge is 0.153 e. The molecule has 0 aliphatic rings. The molecule has 0 aliphatic heterocycles. The predicted octanol–water partition coefficient (Wildman–Crippen LogP) is 1.23. The van der Waals surface area contributed by atoms with E-state index in [0.29, 0.717) is 0 Å². The van der Waals surface area contributed by atoms with Gasteiger partial charge < -0.3 is 0 Å². The van der Waals surface area contributed by atoms with Crippen LogP contribution in [0.3, 0.4) is 0 Å². The van der Waals surface area contributed by atoms with Crippen LogP contribution >= 0.6 is 33.6 Å². The average Bonchev–Trinajstić information content (AvgIpc) is 1.41. The molecule has 0 heterocycles. The van der Waals surface area contributed by atoms with E-state index in [1.165, 1.54) is 0 Å². The van der Waals surface area contributed by atoms with Crippen molar-refractivity contribution in [1.82, 2.24) is 0 Å². The molecule has 0 aromatic carbocycles. The summed E-state index contributed by atoms with van der Waals surface area (Å²) >= 11 is 8.74. The van der Waals surface area contributed by atoms with Gasteiger partial charge in [0.05, 0.1) is 0 Å². The fourth-order valence-electron chi connectivity index (χ4n) is 0.00972. The third-order valence-corrected chi connectivity index (χ3v) is 0.154. The summed E-state index contributed by atoms with van der Waals surface area (Å²) in [5.74, 6) is 0. The van der Waals surface area contributed by atoms with Gasteiger partial charge in [0.1, 0.15) is 23.7 Å². The first-order chi connectivity index (χ1) is 2.41. The molecule has 6 heavy (non-hydrogen) atoms. The van der Waals surface area contributed by atoms with Crippen molar-refractivity contribution < 1.29 is 13.9 Å². The molecule has 0 N–H and O–H groups in total. The first-order valence-electron chi connectivity index (χ1n) is 0.642.